The molecular formula is C29H32ClN9O3. The molecule has 2 aliphatic rings. The molecule has 2 aliphatic heterocycles. The van der Waals surface area contributed by atoms with Gasteiger partial charge in [0.1, 0.15) is 11.7 Å². The Hall–Kier alpha value is -5.10. The van der Waals surface area contributed by atoms with Gasteiger partial charge in [0.05, 0.1) is 13.1 Å². The first-order valence-electron chi connectivity index (χ1n) is 13.1. The first-order valence-corrected chi connectivity index (χ1v) is 13.1. The van der Waals surface area contributed by atoms with Gasteiger partial charge in [0.25, 0.3) is 5.91 Å². The van der Waals surface area contributed by atoms with Crippen molar-refractivity contribution < 1.29 is 14.4 Å². The van der Waals surface area contributed by atoms with E-state index < -0.39 is 12.1 Å². The second-order valence-corrected chi connectivity index (χ2v) is 9.63. The number of halogens is 1. The fourth-order valence-electron chi connectivity index (χ4n) is 4.35. The van der Waals surface area contributed by atoms with E-state index in [2.05, 4.69) is 41.9 Å². The lowest BCUT2D eigenvalue weighted by Gasteiger charge is -2.15. The maximum Gasteiger partial charge on any atom is 0.323 e. The maximum absolute atomic E-state index is 12.8. The largest absolute Gasteiger partial charge is 0.368 e. The number of hydrogen-bond donors (Lipinski definition) is 6. The van der Waals surface area contributed by atoms with Crippen LogP contribution in [0.2, 0.25) is 0 Å². The van der Waals surface area contributed by atoms with Crippen molar-refractivity contribution in [3.05, 3.63) is 83.4 Å². The fourth-order valence-corrected chi connectivity index (χ4v) is 4.35. The van der Waals surface area contributed by atoms with E-state index in [1.807, 2.05) is 24.3 Å². The topological polar surface area (TPSA) is 151 Å². The highest BCUT2D eigenvalue weighted by atomic mass is 35.5. The summed E-state index contributed by atoms with van der Waals surface area (Å²) in [6.07, 6.45) is 0. The third-order valence-electron chi connectivity index (χ3n) is 6.28. The van der Waals surface area contributed by atoms with Crippen LogP contribution in [0.4, 0.5) is 32.3 Å². The number of anilines is 4. The second kappa shape index (κ2) is 13.5. The summed E-state index contributed by atoms with van der Waals surface area (Å²) in [5.41, 5.74) is 4.02. The van der Waals surface area contributed by atoms with Gasteiger partial charge in [-0.05, 0) is 66.7 Å². The first kappa shape index (κ1) is 29.9. The Morgan fingerprint density at radius 1 is 0.643 bits per heavy atom. The van der Waals surface area contributed by atoms with Crippen LogP contribution in [-0.4, -0.2) is 74.8 Å². The number of rotatable bonds is 7. The molecule has 3 aromatic carbocycles. The number of amidine groups is 2. The molecule has 0 aromatic heterocycles. The monoisotopic (exact) mass is 589 g/mol. The normalized spacial score (nSPS) is 13.4. The Morgan fingerprint density at radius 3 is 1.40 bits per heavy atom. The van der Waals surface area contributed by atoms with E-state index in [4.69, 9.17) is 0 Å². The van der Waals surface area contributed by atoms with Gasteiger partial charge < -0.3 is 36.8 Å². The van der Waals surface area contributed by atoms with E-state index in [1.54, 1.807) is 56.6 Å². The first-order chi connectivity index (χ1) is 19.8. The molecule has 0 atom stereocenters. The van der Waals surface area contributed by atoms with Crippen LogP contribution in [0.15, 0.2) is 76.7 Å². The molecule has 6 N–H and O–H groups in total. The molecule has 0 fully saturated rings. The van der Waals surface area contributed by atoms with Crippen molar-refractivity contribution >= 4 is 64.8 Å². The molecule has 0 saturated heterocycles. The molecule has 42 heavy (non-hydrogen) atoms. The molecule has 13 heteroatoms. The average molecular weight is 590 g/mol. The van der Waals surface area contributed by atoms with E-state index in [-0.39, 0.29) is 18.3 Å². The van der Waals surface area contributed by atoms with Crippen LogP contribution in [0.25, 0.3) is 0 Å². The van der Waals surface area contributed by atoms with Gasteiger partial charge in [-0.1, -0.05) is 0 Å². The zero-order valence-electron chi connectivity index (χ0n) is 23.2. The molecular weight excluding hydrogens is 558 g/mol. The lowest BCUT2D eigenvalue weighted by molar-refractivity contribution is 0.0827. The predicted molar refractivity (Wildman–Crippen MR) is 169 cm³/mol. The van der Waals surface area contributed by atoms with E-state index >= 15 is 0 Å². The van der Waals surface area contributed by atoms with Crippen molar-refractivity contribution in [3.63, 3.8) is 0 Å². The molecule has 0 radical (unpaired) electrons. The lowest BCUT2D eigenvalue weighted by atomic mass is 10.1. The highest BCUT2D eigenvalue weighted by Crippen LogP contribution is 2.22. The second-order valence-electron chi connectivity index (χ2n) is 9.63. The van der Waals surface area contributed by atoms with E-state index in [9.17, 15) is 14.4 Å². The highest BCUT2D eigenvalue weighted by Gasteiger charge is 2.15. The molecule has 3 aromatic rings. The minimum absolute atomic E-state index is 0. The minimum Gasteiger partial charge on any atom is -0.368 e. The number of hydrogen-bond acceptors (Lipinski definition) is 7. The van der Waals surface area contributed by atoms with E-state index in [0.717, 1.165) is 49.0 Å². The van der Waals surface area contributed by atoms with Gasteiger partial charge in [-0.3, -0.25) is 14.8 Å². The molecule has 0 unspecified atom stereocenters. The van der Waals surface area contributed by atoms with Crippen LogP contribution in [0.5, 0.6) is 0 Å². The molecule has 5 amide bonds. The Labute approximate surface area is 249 Å². The summed E-state index contributed by atoms with van der Waals surface area (Å²) in [6.45, 7) is 3.11. The molecule has 0 aliphatic carbocycles. The van der Waals surface area contributed by atoms with E-state index in [1.165, 1.54) is 4.90 Å². The summed E-state index contributed by atoms with van der Waals surface area (Å²) >= 11 is 0. The third-order valence-corrected chi connectivity index (χ3v) is 6.28. The number of amides is 5. The summed E-state index contributed by atoms with van der Waals surface area (Å²) in [4.78, 5) is 48.5. The molecule has 2 heterocycles. The number of benzene rings is 3. The van der Waals surface area contributed by atoms with Crippen molar-refractivity contribution in [3.8, 4) is 0 Å². The molecule has 12 nitrogen and oxygen atoms in total. The molecule has 5 rings (SSSR count). The van der Waals surface area contributed by atoms with Gasteiger partial charge in [0.15, 0.2) is 0 Å². The standard InChI is InChI=1S/C29H31N9O3.ClH/c1-38(2)27(39)20-15-23(36-28(40)34-21-7-3-18(4-8-21)25-30-11-12-31-25)17-24(16-20)37-29(41)35-22-9-5-19(6-10-22)26-32-13-14-33-26;/h3-10,15-17H,11-14H2,1-2H3,(H,30,31)(H,32,33)(H2,34,36,40)(H2,35,37,41);1H. The number of carbonyl (C=O) groups excluding carboxylic acids is 3. The number of nitrogens with zero attached hydrogens (tertiary/aromatic N) is 3. The molecule has 0 spiro atoms. The Kier molecular flexibility index (Phi) is 9.61. The zero-order valence-corrected chi connectivity index (χ0v) is 24.0. The van der Waals surface area contributed by atoms with Crippen LogP contribution >= 0.6 is 12.4 Å². The van der Waals surface area contributed by atoms with Crippen molar-refractivity contribution in [1.29, 1.82) is 0 Å². The van der Waals surface area contributed by atoms with Gasteiger partial charge >= 0.3 is 12.1 Å². The van der Waals surface area contributed by atoms with Crippen molar-refractivity contribution in [2.75, 3.05) is 61.5 Å². The van der Waals surface area contributed by atoms with Crippen LogP contribution < -0.4 is 31.9 Å². The maximum atomic E-state index is 12.8. The number of aliphatic imine (C=N–C) groups is 2. The number of nitrogens with one attached hydrogen (secondary N) is 6. The number of carbonyl (C=O) groups is 3. The Balaban J connectivity index is 0.00000405. The van der Waals surface area contributed by atoms with Crippen molar-refractivity contribution in [1.82, 2.24) is 15.5 Å². The number of urea groups is 2. The van der Waals surface area contributed by atoms with Crippen LogP contribution in [0.3, 0.4) is 0 Å². The summed E-state index contributed by atoms with van der Waals surface area (Å²) in [7, 11) is 3.25. The van der Waals surface area contributed by atoms with E-state index in [0.29, 0.717) is 28.3 Å². The van der Waals surface area contributed by atoms with Crippen LogP contribution in [0.1, 0.15) is 21.5 Å². The fraction of sp³-hybridized carbons (Fsp3) is 0.207. The SMILES string of the molecule is CN(C)C(=O)c1cc(NC(=O)Nc2ccc(C3=NCCN3)cc2)cc(NC(=O)Nc2ccc(C3=NCCN3)cc2)c1.Cl. The smallest absolute Gasteiger partial charge is 0.323 e. The van der Waals surface area contributed by atoms with Crippen molar-refractivity contribution in [2.24, 2.45) is 9.98 Å². The van der Waals surface area contributed by atoms with Gasteiger partial charge in [-0.15, -0.1) is 12.4 Å². The van der Waals surface area contributed by atoms with Gasteiger partial charge in [0.2, 0.25) is 0 Å². The molecule has 0 saturated carbocycles. The summed E-state index contributed by atoms with van der Waals surface area (Å²) in [6, 6.07) is 18.3. The van der Waals surface area contributed by atoms with Crippen molar-refractivity contribution in [2.45, 2.75) is 0 Å². The third kappa shape index (κ3) is 7.55. The molecule has 0 bridgehead atoms. The summed E-state index contributed by atoms with van der Waals surface area (Å²) < 4.78 is 0. The average Bonchev–Trinajstić information content (AvgIpc) is 3.68. The Bertz CT molecular complexity index is 1420. The molecule has 218 valence electrons. The predicted octanol–water partition coefficient (Wildman–Crippen LogP) is 3.80. The van der Waals surface area contributed by atoms with Crippen LogP contribution in [0, 0.1) is 0 Å². The highest BCUT2D eigenvalue weighted by molar-refractivity contribution is 6.06. The van der Waals surface area contributed by atoms with Gasteiger partial charge in [-0.25, -0.2) is 9.59 Å². The lowest BCUT2D eigenvalue weighted by Crippen LogP contribution is -2.24. The summed E-state index contributed by atoms with van der Waals surface area (Å²) in [5.74, 6) is 1.39. The quantitative estimate of drug-likeness (QED) is 0.248. The van der Waals surface area contributed by atoms with Gasteiger partial charge in [0, 0.05) is 66.6 Å². The minimum atomic E-state index is -0.500. The van der Waals surface area contributed by atoms with Crippen LogP contribution in [-0.2, 0) is 0 Å². The Morgan fingerprint density at radius 2 is 1.05 bits per heavy atom. The zero-order chi connectivity index (χ0) is 28.8. The summed E-state index contributed by atoms with van der Waals surface area (Å²) in [5, 5.41) is 17.5. The van der Waals surface area contributed by atoms with Gasteiger partial charge in [-0.2, -0.15) is 0 Å².